The van der Waals surface area contributed by atoms with Crippen LogP contribution in [0.1, 0.15) is 0 Å². The van der Waals surface area contributed by atoms with Gasteiger partial charge in [0, 0.05) is 7.11 Å². The molecular formula is C11H15NO5S2. The summed E-state index contributed by atoms with van der Waals surface area (Å²) in [5.74, 6) is 0. The SMILES string of the molecule is COC1COC2C(NS(=O)(=O)c3cccs3)COC12. The Morgan fingerprint density at radius 2 is 2.16 bits per heavy atom. The summed E-state index contributed by atoms with van der Waals surface area (Å²) in [5.41, 5.74) is 0. The number of fused-ring (bicyclic) bond motifs is 1. The van der Waals surface area contributed by atoms with Crippen LogP contribution in [0.5, 0.6) is 0 Å². The maximum atomic E-state index is 12.1. The van der Waals surface area contributed by atoms with Gasteiger partial charge in [-0.1, -0.05) is 6.07 Å². The van der Waals surface area contributed by atoms with Gasteiger partial charge < -0.3 is 14.2 Å². The third-order valence-electron chi connectivity index (χ3n) is 3.38. The molecule has 1 N–H and O–H groups in total. The molecule has 2 aliphatic rings. The number of rotatable bonds is 4. The van der Waals surface area contributed by atoms with Gasteiger partial charge in [-0.05, 0) is 11.4 Å². The van der Waals surface area contributed by atoms with Crippen molar-refractivity contribution in [2.75, 3.05) is 20.3 Å². The highest BCUT2D eigenvalue weighted by Crippen LogP contribution is 2.29. The van der Waals surface area contributed by atoms with Crippen molar-refractivity contribution in [3.8, 4) is 0 Å². The van der Waals surface area contributed by atoms with Crippen molar-refractivity contribution in [2.45, 2.75) is 28.6 Å². The van der Waals surface area contributed by atoms with Crippen molar-refractivity contribution in [2.24, 2.45) is 0 Å². The minimum Gasteiger partial charge on any atom is -0.376 e. The van der Waals surface area contributed by atoms with Crippen molar-refractivity contribution >= 4 is 21.4 Å². The third kappa shape index (κ3) is 2.44. The van der Waals surface area contributed by atoms with E-state index in [2.05, 4.69) is 4.72 Å². The van der Waals surface area contributed by atoms with Crippen LogP contribution < -0.4 is 4.72 Å². The first-order chi connectivity index (χ1) is 9.12. The number of ether oxygens (including phenoxy) is 3. The van der Waals surface area contributed by atoms with Crippen LogP contribution in [0.15, 0.2) is 21.7 Å². The van der Waals surface area contributed by atoms with E-state index in [1.165, 1.54) is 11.3 Å². The molecule has 0 aromatic carbocycles. The minimum absolute atomic E-state index is 0.124. The first kappa shape index (κ1) is 13.5. The predicted octanol–water partition coefficient (Wildman–Crippen LogP) is 0.208. The largest absolute Gasteiger partial charge is 0.376 e. The Hall–Kier alpha value is -0.510. The van der Waals surface area contributed by atoms with E-state index in [0.717, 1.165) is 0 Å². The molecule has 106 valence electrons. The van der Waals surface area contributed by atoms with Crippen LogP contribution in [-0.4, -0.2) is 53.1 Å². The fourth-order valence-electron chi connectivity index (χ4n) is 2.44. The van der Waals surface area contributed by atoms with Crippen molar-refractivity contribution < 1.29 is 22.6 Å². The van der Waals surface area contributed by atoms with E-state index in [1.54, 1.807) is 24.6 Å². The Balaban J connectivity index is 1.72. The summed E-state index contributed by atoms with van der Waals surface area (Å²) in [6, 6.07) is 2.92. The lowest BCUT2D eigenvalue weighted by molar-refractivity contribution is -0.00795. The normalized spacial score (nSPS) is 34.6. The molecule has 1 aromatic heterocycles. The van der Waals surface area contributed by atoms with Crippen LogP contribution in [0.4, 0.5) is 0 Å². The second-order valence-electron chi connectivity index (χ2n) is 4.53. The summed E-state index contributed by atoms with van der Waals surface area (Å²) in [6.45, 7) is 0.739. The number of hydrogen-bond acceptors (Lipinski definition) is 6. The quantitative estimate of drug-likeness (QED) is 0.861. The molecular weight excluding hydrogens is 290 g/mol. The second kappa shape index (κ2) is 5.12. The lowest BCUT2D eigenvalue weighted by Crippen LogP contribution is -2.44. The molecule has 0 amide bonds. The monoisotopic (exact) mass is 305 g/mol. The van der Waals surface area contributed by atoms with Crippen molar-refractivity contribution in [1.82, 2.24) is 4.72 Å². The molecule has 0 radical (unpaired) electrons. The molecule has 0 saturated carbocycles. The van der Waals surface area contributed by atoms with E-state index in [1.807, 2.05) is 0 Å². The zero-order chi connectivity index (χ0) is 13.5. The van der Waals surface area contributed by atoms with E-state index >= 15 is 0 Å². The van der Waals surface area contributed by atoms with Gasteiger partial charge in [-0.2, -0.15) is 0 Å². The fraction of sp³-hybridized carbons (Fsp3) is 0.636. The molecule has 3 heterocycles. The van der Waals surface area contributed by atoms with Gasteiger partial charge >= 0.3 is 0 Å². The number of thiophene rings is 1. The van der Waals surface area contributed by atoms with Crippen molar-refractivity contribution in [3.63, 3.8) is 0 Å². The van der Waals surface area contributed by atoms with Gasteiger partial charge in [0.25, 0.3) is 0 Å². The first-order valence-corrected chi connectivity index (χ1v) is 8.30. The highest BCUT2D eigenvalue weighted by molar-refractivity contribution is 7.91. The highest BCUT2D eigenvalue weighted by Gasteiger charge is 2.49. The molecule has 4 unspecified atom stereocenters. The van der Waals surface area contributed by atoms with Gasteiger partial charge in [0.15, 0.2) is 0 Å². The molecule has 2 saturated heterocycles. The standard InChI is InChI=1S/C11H15NO5S2/c1-15-8-6-17-10-7(5-16-11(8)10)12-19(13,14)9-3-2-4-18-9/h2-4,7-8,10-12H,5-6H2,1H3. The van der Waals surface area contributed by atoms with E-state index < -0.39 is 10.0 Å². The van der Waals surface area contributed by atoms with Crippen LogP contribution >= 0.6 is 11.3 Å². The van der Waals surface area contributed by atoms with E-state index in [-0.39, 0.29) is 24.4 Å². The molecule has 0 bridgehead atoms. The lowest BCUT2D eigenvalue weighted by Gasteiger charge is -2.17. The zero-order valence-corrected chi connectivity index (χ0v) is 11.9. The molecule has 4 atom stereocenters. The van der Waals surface area contributed by atoms with Gasteiger partial charge in [-0.25, -0.2) is 13.1 Å². The van der Waals surface area contributed by atoms with Gasteiger partial charge in [-0.15, -0.1) is 11.3 Å². The van der Waals surface area contributed by atoms with E-state index in [4.69, 9.17) is 14.2 Å². The van der Waals surface area contributed by atoms with Crippen LogP contribution in [-0.2, 0) is 24.2 Å². The summed E-state index contributed by atoms with van der Waals surface area (Å²) in [6.07, 6.45) is -0.595. The maximum absolute atomic E-state index is 12.1. The Kier molecular flexibility index (Phi) is 3.63. The molecule has 0 aliphatic carbocycles. The third-order valence-corrected chi connectivity index (χ3v) is 6.26. The van der Waals surface area contributed by atoms with Crippen molar-refractivity contribution in [3.05, 3.63) is 17.5 Å². The number of hydrogen-bond donors (Lipinski definition) is 1. The molecule has 8 heteroatoms. The summed E-state index contributed by atoms with van der Waals surface area (Å²) < 4.78 is 43.7. The summed E-state index contributed by atoms with van der Waals surface area (Å²) in [7, 11) is -1.90. The first-order valence-electron chi connectivity index (χ1n) is 5.93. The zero-order valence-electron chi connectivity index (χ0n) is 10.3. The van der Waals surface area contributed by atoms with Gasteiger partial charge in [0.2, 0.25) is 10.0 Å². The molecule has 2 fully saturated rings. The molecule has 3 rings (SSSR count). The Bertz CT molecular complexity index is 529. The Labute approximate surface area is 115 Å². The highest BCUT2D eigenvalue weighted by atomic mass is 32.2. The topological polar surface area (TPSA) is 73.9 Å². The summed E-state index contributed by atoms with van der Waals surface area (Å²) in [4.78, 5) is 0. The van der Waals surface area contributed by atoms with Crippen LogP contribution in [0.3, 0.4) is 0 Å². The lowest BCUT2D eigenvalue weighted by atomic mass is 10.1. The van der Waals surface area contributed by atoms with Crippen molar-refractivity contribution in [1.29, 1.82) is 0 Å². The fourth-order valence-corrected chi connectivity index (χ4v) is 4.68. The predicted molar refractivity (Wildman–Crippen MR) is 68.7 cm³/mol. The van der Waals surface area contributed by atoms with Crippen LogP contribution in [0, 0.1) is 0 Å². The van der Waals surface area contributed by atoms with E-state index in [9.17, 15) is 8.42 Å². The summed E-state index contributed by atoms with van der Waals surface area (Å²) in [5, 5.41) is 1.73. The molecule has 2 aliphatic heterocycles. The summed E-state index contributed by atoms with van der Waals surface area (Å²) >= 11 is 1.19. The van der Waals surface area contributed by atoms with Crippen LogP contribution in [0.2, 0.25) is 0 Å². The number of nitrogens with one attached hydrogen (secondary N) is 1. The molecule has 19 heavy (non-hydrogen) atoms. The Morgan fingerprint density at radius 1 is 1.37 bits per heavy atom. The minimum atomic E-state index is -3.50. The molecule has 6 nitrogen and oxygen atoms in total. The number of methoxy groups -OCH3 is 1. The average Bonchev–Trinajstić information content (AvgIpc) is 3.05. The van der Waals surface area contributed by atoms with Gasteiger partial charge in [0.05, 0.1) is 19.3 Å². The maximum Gasteiger partial charge on any atom is 0.250 e. The Morgan fingerprint density at radius 3 is 2.84 bits per heavy atom. The van der Waals surface area contributed by atoms with E-state index in [0.29, 0.717) is 17.4 Å². The van der Waals surface area contributed by atoms with Gasteiger partial charge in [0.1, 0.15) is 22.5 Å². The van der Waals surface area contributed by atoms with Gasteiger partial charge in [-0.3, -0.25) is 0 Å². The average molecular weight is 305 g/mol. The smallest absolute Gasteiger partial charge is 0.250 e. The van der Waals surface area contributed by atoms with Crippen LogP contribution in [0.25, 0.3) is 0 Å². The number of sulfonamides is 1. The molecule has 0 spiro atoms. The second-order valence-corrected chi connectivity index (χ2v) is 7.42. The molecule has 1 aromatic rings.